The number of rotatable bonds is 3. The maximum Gasteiger partial charge on any atom is 0.161 e. The summed E-state index contributed by atoms with van der Waals surface area (Å²) < 4.78 is 0. The van der Waals surface area contributed by atoms with Gasteiger partial charge in [-0.1, -0.05) is 6.92 Å². The fourth-order valence-electron chi connectivity index (χ4n) is 1.28. The molecule has 3 heteroatoms. The molecule has 14 heavy (non-hydrogen) atoms. The third kappa shape index (κ3) is 1.99. The molecule has 0 aliphatic carbocycles. The first-order chi connectivity index (χ1) is 6.46. The minimum Gasteiger partial charge on any atom is -0.382 e. The van der Waals surface area contributed by atoms with E-state index in [0.717, 1.165) is 5.56 Å². The summed E-state index contributed by atoms with van der Waals surface area (Å²) >= 11 is 0. The standard InChI is InChI=1S/C11H15NO2/c1-8(11(3,14)9(2)13)10-4-6-12-7-5-10/h4-8,14H,1-3H3. The molecule has 76 valence electrons. The number of nitrogens with zero attached hydrogens (tertiary/aromatic N) is 1. The van der Waals surface area contributed by atoms with E-state index in [4.69, 9.17) is 0 Å². The van der Waals surface area contributed by atoms with Crippen molar-refractivity contribution in [3.05, 3.63) is 30.1 Å². The van der Waals surface area contributed by atoms with Crippen molar-refractivity contribution in [3.8, 4) is 0 Å². The summed E-state index contributed by atoms with van der Waals surface area (Å²) in [5, 5.41) is 9.94. The SMILES string of the molecule is CC(=O)C(C)(O)C(C)c1ccncc1. The van der Waals surface area contributed by atoms with E-state index in [0.29, 0.717) is 0 Å². The predicted molar refractivity (Wildman–Crippen MR) is 54.0 cm³/mol. The highest BCUT2D eigenvalue weighted by molar-refractivity contribution is 5.85. The topological polar surface area (TPSA) is 50.2 Å². The summed E-state index contributed by atoms with van der Waals surface area (Å²) in [5.74, 6) is -0.440. The molecule has 0 bridgehead atoms. The quantitative estimate of drug-likeness (QED) is 0.791. The second-order valence-electron chi connectivity index (χ2n) is 3.71. The van der Waals surface area contributed by atoms with Crippen LogP contribution in [0.5, 0.6) is 0 Å². The first-order valence-corrected chi connectivity index (χ1v) is 4.59. The molecule has 0 saturated heterocycles. The number of carbonyl (C=O) groups excluding carboxylic acids is 1. The van der Waals surface area contributed by atoms with Crippen LogP contribution >= 0.6 is 0 Å². The molecule has 0 aromatic carbocycles. The van der Waals surface area contributed by atoms with Gasteiger partial charge in [-0.3, -0.25) is 9.78 Å². The van der Waals surface area contributed by atoms with Gasteiger partial charge in [0.2, 0.25) is 0 Å². The molecule has 0 aliphatic heterocycles. The highest BCUT2D eigenvalue weighted by Gasteiger charge is 2.34. The van der Waals surface area contributed by atoms with Crippen LogP contribution in [0, 0.1) is 0 Å². The maximum atomic E-state index is 11.2. The Hall–Kier alpha value is -1.22. The van der Waals surface area contributed by atoms with Crippen LogP contribution in [0.15, 0.2) is 24.5 Å². The van der Waals surface area contributed by atoms with Crippen LogP contribution in [0.1, 0.15) is 32.3 Å². The van der Waals surface area contributed by atoms with E-state index < -0.39 is 5.60 Å². The average molecular weight is 193 g/mol. The Labute approximate surface area is 83.8 Å². The molecule has 0 radical (unpaired) electrons. The zero-order valence-electron chi connectivity index (χ0n) is 8.69. The minimum absolute atomic E-state index is 0.219. The van der Waals surface area contributed by atoms with Crippen molar-refractivity contribution in [1.29, 1.82) is 0 Å². The predicted octanol–water partition coefficient (Wildman–Crippen LogP) is 1.53. The van der Waals surface area contributed by atoms with Crippen molar-refractivity contribution in [2.75, 3.05) is 0 Å². The van der Waals surface area contributed by atoms with Crippen LogP contribution in [0.25, 0.3) is 0 Å². The molecule has 2 atom stereocenters. The van der Waals surface area contributed by atoms with Gasteiger partial charge in [0.25, 0.3) is 0 Å². The lowest BCUT2D eigenvalue weighted by atomic mass is 9.83. The molecule has 1 aromatic rings. The maximum absolute atomic E-state index is 11.2. The molecule has 0 fully saturated rings. The Balaban J connectivity index is 2.96. The first kappa shape index (κ1) is 10.9. The van der Waals surface area contributed by atoms with Gasteiger partial charge < -0.3 is 5.11 Å². The van der Waals surface area contributed by atoms with Gasteiger partial charge >= 0.3 is 0 Å². The fourth-order valence-corrected chi connectivity index (χ4v) is 1.28. The van der Waals surface area contributed by atoms with Crippen molar-refractivity contribution >= 4 is 5.78 Å². The Bertz CT molecular complexity index is 319. The number of hydrogen-bond donors (Lipinski definition) is 1. The Morgan fingerprint density at radius 2 is 2.00 bits per heavy atom. The number of Topliss-reactive ketones (excluding diaryl/α,β-unsaturated/α-hetero) is 1. The van der Waals surface area contributed by atoms with E-state index >= 15 is 0 Å². The second-order valence-corrected chi connectivity index (χ2v) is 3.71. The third-order valence-corrected chi connectivity index (χ3v) is 2.76. The summed E-state index contributed by atoms with van der Waals surface area (Å²) in [6.45, 7) is 4.77. The van der Waals surface area contributed by atoms with E-state index in [2.05, 4.69) is 4.98 Å². The first-order valence-electron chi connectivity index (χ1n) is 4.59. The van der Waals surface area contributed by atoms with Gasteiger partial charge in [-0.25, -0.2) is 0 Å². The van der Waals surface area contributed by atoms with Gasteiger partial charge in [-0.15, -0.1) is 0 Å². The minimum atomic E-state index is -1.30. The zero-order valence-corrected chi connectivity index (χ0v) is 8.69. The zero-order chi connectivity index (χ0) is 10.8. The Morgan fingerprint density at radius 3 is 2.43 bits per heavy atom. The molecule has 1 N–H and O–H groups in total. The van der Waals surface area contributed by atoms with Crippen LogP contribution in [0.2, 0.25) is 0 Å². The number of ketones is 1. The van der Waals surface area contributed by atoms with Crippen LogP contribution in [0.4, 0.5) is 0 Å². The summed E-state index contributed by atoms with van der Waals surface area (Å²) in [5.41, 5.74) is -0.387. The number of aromatic nitrogens is 1. The smallest absolute Gasteiger partial charge is 0.161 e. The molecular weight excluding hydrogens is 178 g/mol. The van der Waals surface area contributed by atoms with E-state index in [1.54, 1.807) is 19.3 Å². The highest BCUT2D eigenvalue weighted by Crippen LogP contribution is 2.27. The van der Waals surface area contributed by atoms with Gasteiger partial charge in [0.1, 0.15) is 5.60 Å². The average Bonchev–Trinajstić information content (AvgIpc) is 2.17. The summed E-state index contributed by atoms with van der Waals surface area (Å²) in [6.07, 6.45) is 3.31. The van der Waals surface area contributed by atoms with Crippen LogP contribution in [0.3, 0.4) is 0 Å². The fraction of sp³-hybridized carbons (Fsp3) is 0.455. The van der Waals surface area contributed by atoms with Crippen molar-refractivity contribution in [2.24, 2.45) is 0 Å². The molecule has 0 amide bonds. The number of hydrogen-bond acceptors (Lipinski definition) is 3. The largest absolute Gasteiger partial charge is 0.382 e. The third-order valence-electron chi connectivity index (χ3n) is 2.76. The number of pyridine rings is 1. The van der Waals surface area contributed by atoms with E-state index in [-0.39, 0.29) is 11.7 Å². The lowest BCUT2D eigenvalue weighted by Gasteiger charge is -2.27. The molecule has 1 aromatic heterocycles. The second kappa shape index (κ2) is 3.88. The van der Waals surface area contributed by atoms with Gasteiger partial charge in [0, 0.05) is 18.3 Å². The summed E-state index contributed by atoms with van der Waals surface area (Å²) in [6, 6.07) is 3.62. The van der Waals surface area contributed by atoms with Gasteiger partial charge in [0.15, 0.2) is 5.78 Å². The molecule has 0 saturated carbocycles. The van der Waals surface area contributed by atoms with Crippen molar-refractivity contribution < 1.29 is 9.90 Å². The van der Waals surface area contributed by atoms with Gasteiger partial charge in [0.05, 0.1) is 0 Å². The molecular formula is C11H15NO2. The summed E-state index contributed by atoms with van der Waals surface area (Å²) in [4.78, 5) is 15.1. The van der Waals surface area contributed by atoms with Gasteiger partial charge in [-0.2, -0.15) is 0 Å². The molecule has 1 rings (SSSR count). The number of carbonyl (C=O) groups is 1. The lowest BCUT2D eigenvalue weighted by molar-refractivity contribution is -0.135. The number of aliphatic hydroxyl groups is 1. The lowest BCUT2D eigenvalue weighted by Crippen LogP contribution is -2.38. The molecule has 3 nitrogen and oxygen atoms in total. The Kier molecular flexibility index (Phi) is 3.01. The van der Waals surface area contributed by atoms with Crippen LogP contribution in [-0.4, -0.2) is 21.5 Å². The molecule has 2 unspecified atom stereocenters. The summed E-state index contributed by atoms with van der Waals surface area (Å²) in [7, 11) is 0. The molecule has 0 aliphatic rings. The molecule has 1 heterocycles. The van der Waals surface area contributed by atoms with E-state index in [9.17, 15) is 9.90 Å². The van der Waals surface area contributed by atoms with Crippen molar-refractivity contribution in [1.82, 2.24) is 4.98 Å². The van der Waals surface area contributed by atoms with E-state index in [1.807, 2.05) is 19.1 Å². The monoisotopic (exact) mass is 193 g/mol. The van der Waals surface area contributed by atoms with Crippen molar-refractivity contribution in [3.63, 3.8) is 0 Å². The highest BCUT2D eigenvalue weighted by atomic mass is 16.3. The molecule has 0 spiro atoms. The van der Waals surface area contributed by atoms with Crippen LogP contribution in [-0.2, 0) is 4.79 Å². The normalized spacial score (nSPS) is 17.1. The van der Waals surface area contributed by atoms with Crippen LogP contribution < -0.4 is 0 Å². The van der Waals surface area contributed by atoms with Gasteiger partial charge in [-0.05, 0) is 31.5 Å². The van der Waals surface area contributed by atoms with Crippen molar-refractivity contribution in [2.45, 2.75) is 32.3 Å². The Morgan fingerprint density at radius 1 is 1.50 bits per heavy atom. The van der Waals surface area contributed by atoms with E-state index in [1.165, 1.54) is 6.92 Å².